The van der Waals surface area contributed by atoms with Gasteiger partial charge in [-0.3, -0.25) is 4.90 Å². The van der Waals surface area contributed by atoms with Gasteiger partial charge in [0.2, 0.25) is 0 Å². The van der Waals surface area contributed by atoms with E-state index in [2.05, 4.69) is 30.5 Å². The zero-order valence-electron chi connectivity index (χ0n) is 11.9. The maximum Gasteiger partial charge on any atom is 0.0702 e. The molecule has 3 atom stereocenters. The van der Waals surface area contributed by atoms with Crippen molar-refractivity contribution in [2.75, 3.05) is 32.0 Å². The molecule has 18 heavy (non-hydrogen) atoms. The van der Waals surface area contributed by atoms with E-state index in [1.165, 1.54) is 31.6 Å². The van der Waals surface area contributed by atoms with Crippen LogP contribution in [-0.4, -0.2) is 53.8 Å². The molecular formula is C14H28N2OS. The molecule has 0 aliphatic carbocycles. The molecule has 0 spiro atoms. The van der Waals surface area contributed by atoms with Gasteiger partial charge in [0.05, 0.1) is 6.10 Å². The Bertz CT molecular complexity index is 264. The molecule has 2 aliphatic heterocycles. The molecule has 0 aromatic rings. The van der Waals surface area contributed by atoms with Crippen LogP contribution in [0.4, 0.5) is 0 Å². The van der Waals surface area contributed by atoms with Crippen molar-refractivity contribution in [3.05, 3.63) is 0 Å². The fourth-order valence-corrected chi connectivity index (χ4v) is 4.67. The van der Waals surface area contributed by atoms with Gasteiger partial charge in [-0.2, -0.15) is 11.8 Å². The zero-order chi connectivity index (χ0) is 13.0. The number of rotatable bonds is 5. The molecule has 2 saturated heterocycles. The number of piperidine rings is 1. The van der Waals surface area contributed by atoms with E-state index in [9.17, 15) is 0 Å². The quantitative estimate of drug-likeness (QED) is 0.832. The summed E-state index contributed by atoms with van der Waals surface area (Å²) >= 11 is 2.08. The largest absolute Gasteiger partial charge is 0.377 e. The third-order valence-electron chi connectivity index (χ3n) is 4.29. The number of thioether (sulfide) groups is 1. The highest BCUT2D eigenvalue weighted by molar-refractivity contribution is 8.00. The van der Waals surface area contributed by atoms with Crippen LogP contribution in [0, 0.1) is 0 Å². The minimum atomic E-state index is 0.248. The molecule has 106 valence electrons. The van der Waals surface area contributed by atoms with Crippen molar-refractivity contribution in [1.82, 2.24) is 4.90 Å². The highest BCUT2D eigenvalue weighted by atomic mass is 32.2. The summed E-state index contributed by atoms with van der Waals surface area (Å²) < 4.78 is 5.95. The van der Waals surface area contributed by atoms with Crippen LogP contribution in [0.2, 0.25) is 0 Å². The number of hydrogen-bond acceptors (Lipinski definition) is 4. The summed E-state index contributed by atoms with van der Waals surface area (Å²) in [4.78, 5) is 2.63. The monoisotopic (exact) mass is 272 g/mol. The van der Waals surface area contributed by atoms with Crippen LogP contribution in [0.3, 0.4) is 0 Å². The molecule has 2 fully saturated rings. The minimum Gasteiger partial charge on any atom is -0.377 e. The maximum atomic E-state index is 6.11. The molecule has 0 aromatic heterocycles. The van der Waals surface area contributed by atoms with Crippen LogP contribution in [-0.2, 0) is 4.74 Å². The molecule has 3 nitrogen and oxygen atoms in total. The third-order valence-corrected chi connectivity index (χ3v) is 5.73. The summed E-state index contributed by atoms with van der Waals surface area (Å²) in [6, 6.07) is 0. The van der Waals surface area contributed by atoms with Gasteiger partial charge in [-0.1, -0.05) is 13.8 Å². The molecule has 0 bridgehead atoms. The summed E-state index contributed by atoms with van der Waals surface area (Å²) in [7, 11) is 0. The Morgan fingerprint density at radius 1 is 1.50 bits per heavy atom. The summed E-state index contributed by atoms with van der Waals surface area (Å²) in [5.41, 5.74) is 6.36. The molecule has 4 heteroatoms. The summed E-state index contributed by atoms with van der Waals surface area (Å²) in [5.74, 6) is 1.20. The summed E-state index contributed by atoms with van der Waals surface area (Å²) in [6.07, 6.45) is 5.28. The van der Waals surface area contributed by atoms with Gasteiger partial charge in [-0.15, -0.1) is 0 Å². The molecule has 0 saturated carbocycles. The normalized spacial score (nSPS) is 38.2. The first-order valence-corrected chi connectivity index (χ1v) is 8.43. The van der Waals surface area contributed by atoms with Gasteiger partial charge in [0.25, 0.3) is 0 Å². The van der Waals surface area contributed by atoms with Crippen LogP contribution in [0.25, 0.3) is 0 Å². The zero-order valence-corrected chi connectivity index (χ0v) is 12.7. The maximum absolute atomic E-state index is 6.11. The van der Waals surface area contributed by atoms with E-state index < -0.39 is 0 Å². The van der Waals surface area contributed by atoms with Gasteiger partial charge in [0.15, 0.2) is 0 Å². The molecule has 0 aromatic carbocycles. The first-order valence-electron chi connectivity index (χ1n) is 7.38. The van der Waals surface area contributed by atoms with Crippen LogP contribution >= 0.6 is 11.8 Å². The fraction of sp³-hybridized carbons (Fsp3) is 1.00. The first kappa shape index (κ1) is 14.6. The lowest BCUT2D eigenvalue weighted by Gasteiger charge is -2.44. The molecule has 2 N–H and O–H groups in total. The second-order valence-corrected chi connectivity index (χ2v) is 7.26. The standard InChI is InChI=1S/C14H28N2OS/c1-3-7-17-13-5-4-6-16(9-13)14(10-15)8-12(2)18-11-14/h12-13H,3-11,15H2,1-2H3. The van der Waals surface area contributed by atoms with Crippen molar-refractivity contribution in [2.45, 2.75) is 56.4 Å². The second-order valence-electron chi connectivity index (χ2n) is 5.84. The fourth-order valence-electron chi connectivity index (χ4n) is 3.23. The van der Waals surface area contributed by atoms with Crippen molar-refractivity contribution in [1.29, 1.82) is 0 Å². The topological polar surface area (TPSA) is 38.5 Å². The average molecular weight is 272 g/mol. The van der Waals surface area contributed by atoms with E-state index in [4.69, 9.17) is 10.5 Å². The molecule has 0 radical (unpaired) electrons. The lowest BCUT2D eigenvalue weighted by molar-refractivity contribution is -0.0310. The molecule has 3 unspecified atom stereocenters. The van der Waals surface area contributed by atoms with Crippen molar-refractivity contribution in [3.63, 3.8) is 0 Å². The average Bonchev–Trinajstić information content (AvgIpc) is 2.80. The highest BCUT2D eigenvalue weighted by Crippen LogP contribution is 2.39. The van der Waals surface area contributed by atoms with Crippen LogP contribution in [0.15, 0.2) is 0 Å². The summed E-state index contributed by atoms with van der Waals surface area (Å²) in [5, 5.41) is 0.755. The Morgan fingerprint density at radius 3 is 2.94 bits per heavy atom. The highest BCUT2D eigenvalue weighted by Gasteiger charge is 2.43. The van der Waals surface area contributed by atoms with Gasteiger partial charge >= 0.3 is 0 Å². The van der Waals surface area contributed by atoms with E-state index in [-0.39, 0.29) is 5.54 Å². The number of ether oxygens (including phenoxy) is 1. The minimum absolute atomic E-state index is 0.248. The Morgan fingerprint density at radius 2 is 2.33 bits per heavy atom. The lowest BCUT2D eigenvalue weighted by atomic mass is 9.91. The second kappa shape index (κ2) is 6.60. The van der Waals surface area contributed by atoms with Crippen molar-refractivity contribution >= 4 is 11.8 Å². The predicted molar refractivity (Wildman–Crippen MR) is 79.2 cm³/mol. The number of nitrogens with zero attached hydrogens (tertiary/aromatic N) is 1. The Hall–Kier alpha value is 0.230. The number of likely N-dealkylation sites (tertiary alicyclic amines) is 1. The van der Waals surface area contributed by atoms with E-state index >= 15 is 0 Å². The predicted octanol–water partition coefficient (Wildman–Crippen LogP) is 2.10. The molecule has 2 heterocycles. The van der Waals surface area contributed by atoms with Gasteiger partial charge in [-0.25, -0.2) is 0 Å². The Kier molecular flexibility index (Phi) is 5.36. The van der Waals surface area contributed by atoms with E-state index in [0.717, 1.165) is 31.4 Å². The smallest absolute Gasteiger partial charge is 0.0702 e. The molecule has 2 aliphatic rings. The van der Waals surface area contributed by atoms with Gasteiger partial charge in [0.1, 0.15) is 0 Å². The molecule has 2 rings (SSSR count). The van der Waals surface area contributed by atoms with E-state index in [0.29, 0.717) is 6.10 Å². The number of nitrogens with two attached hydrogens (primary N) is 1. The molecule has 0 amide bonds. The third kappa shape index (κ3) is 3.21. The Labute approximate surface area is 116 Å². The molecular weight excluding hydrogens is 244 g/mol. The SMILES string of the molecule is CCCOC1CCCN(C2(CN)CSC(C)C2)C1. The summed E-state index contributed by atoms with van der Waals surface area (Å²) in [6.45, 7) is 8.50. The van der Waals surface area contributed by atoms with E-state index in [1.807, 2.05) is 0 Å². The van der Waals surface area contributed by atoms with Crippen LogP contribution in [0.5, 0.6) is 0 Å². The van der Waals surface area contributed by atoms with Crippen molar-refractivity contribution < 1.29 is 4.74 Å². The number of hydrogen-bond donors (Lipinski definition) is 1. The van der Waals surface area contributed by atoms with Crippen LogP contribution in [0.1, 0.15) is 39.5 Å². The van der Waals surface area contributed by atoms with Gasteiger partial charge < -0.3 is 10.5 Å². The van der Waals surface area contributed by atoms with Crippen LogP contribution < -0.4 is 5.73 Å². The van der Waals surface area contributed by atoms with Gasteiger partial charge in [0, 0.05) is 36.2 Å². The first-order chi connectivity index (χ1) is 8.70. The van der Waals surface area contributed by atoms with E-state index in [1.54, 1.807) is 0 Å². The lowest BCUT2D eigenvalue weighted by Crippen LogP contribution is -2.58. The van der Waals surface area contributed by atoms with Crippen molar-refractivity contribution in [2.24, 2.45) is 5.73 Å². The Balaban J connectivity index is 1.94. The van der Waals surface area contributed by atoms with Gasteiger partial charge in [-0.05, 0) is 32.2 Å². The van der Waals surface area contributed by atoms with Crippen molar-refractivity contribution in [3.8, 4) is 0 Å².